The number of carbonyl (C=O) groups is 1. The SMILES string of the molecule is CC(C)C(NC(=O)c1ccc([N+](=O)[O-])cc1)c1ccc2c(c1)OCCCO2. The third kappa shape index (κ3) is 4.36. The molecule has 0 spiro atoms. The predicted molar refractivity (Wildman–Crippen MR) is 100 cm³/mol. The molecule has 0 aliphatic carbocycles. The lowest BCUT2D eigenvalue weighted by Gasteiger charge is -2.24. The fourth-order valence-electron chi connectivity index (χ4n) is 2.97. The second-order valence-corrected chi connectivity index (χ2v) is 6.76. The van der Waals surface area contributed by atoms with Gasteiger partial charge in [-0.25, -0.2) is 0 Å². The quantitative estimate of drug-likeness (QED) is 0.637. The van der Waals surface area contributed by atoms with Crippen LogP contribution in [0, 0.1) is 16.0 Å². The maximum absolute atomic E-state index is 12.6. The van der Waals surface area contributed by atoms with Crippen LogP contribution in [0.4, 0.5) is 5.69 Å². The van der Waals surface area contributed by atoms with Gasteiger partial charge in [0.1, 0.15) is 0 Å². The summed E-state index contributed by atoms with van der Waals surface area (Å²) in [6.07, 6.45) is 0.828. The lowest BCUT2D eigenvalue weighted by atomic mass is 9.95. The van der Waals surface area contributed by atoms with Crippen molar-refractivity contribution < 1.29 is 19.2 Å². The molecule has 1 N–H and O–H groups in total. The minimum Gasteiger partial charge on any atom is -0.490 e. The first-order valence-corrected chi connectivity index (χ1v) is 8.90. The average Bonchev–Trinajstić information content (AvgIpc) is 2.90. The topological polar surface area (TPSA) is 90.7 Å². The number of ether oxygens (including phenoxy) is 2. The Balaban J connectivity index is 1.80. The minimum absolute atomic E-state index is 0.0464. The van der Waals surface area contributed by atoms with Gasteiger partial charge in [-0.3, -0.25) is 14.9 Å². The highest BCUT2D eigenvalue weighted by atomic mass is 16.6. The van der Waals surface area contributed by atoms with Crippen LogP contribution < -0.4 is 14.8 Å². The number of non-ortho nitro benzene ring substituents is 1. The van der Waals surface area contributed by atoms with Crippen molar-refractivity contribution in [2.24, 2.45) is 5.92 Å². The molecule has 2 aromatic carbocycles. The molecule has 0 fully saturated rings. The Kier molecular flexibility index (Phi) is 5.59. The van der Waals surface area contributed by atoms with Crippen LogP contribution in [0.1, 0.15) is 42.2 Å². The van der Waals surface area contributed by atoms with Crippen LogP contribution in [0.5, 0.6) is 11.5 Å². The van der Waals surface area contributed by atoms with E-state index < -0.39 is 4.92 Å². The smallest absolute Gasteiger partial charge is 0.269 e. The lowest BCUT2D eigenvalue weighted by Crippen LogP contribution is -2.31. The van der Waals surface area contributed by atoms with E-state index in [4.69, 9.17) is 9.47 Å². The van der Waals surface area contributed by atoms with Crippen molar-refractivity contribution in [2.45, 2.75) is 26.3 Å². The van der Waals surface area contributed by atoms with Gasteiger partial charge in [0.25, 0.3) is 11.6 Å². The summed E-state index contributed by atoms with van der Waals surface area (Å²) in [5.41, 5.74) is 1.25. The molecule has 7 heteroatoms. The van der Waals surface area contributed by atoms with Crippen molar-refractivity contribution in [3.8, 4) is 11.5 Å². The van der Waals surface area contributed by atoms with E-state index in [-0.39, 0.29) is 23.6 Å². The zero-order chi connectivity index (χ0) is 19.4. The molecule has 0 saturated heterocycles. The van der Waals surface area contributed by atoms with Crippen LogP contribution in [0.2, 0.25) is 0 Å². The minimum atomic E-state index is -0.490. The number of nitro groups is 1. The number of carbonyl (C=O) groups excluding carboxylic acids is 1. The fraction of sp³-hybridized carbons (Fsp3) is 0.350. The van der Waals surface area contributed by atoms with E-state index in [0.29, 0.717) is 30.3 Å². The van der Waals surface area contributed by atoms with Crippen LogP contribution in [0.25, 0.3) is 0 Å². The first kappa shape index (κ1) is 18.7. The van der Waals surface area contributed by atoms with Gasteiger partial charge in [0.05, 0.1) is 24.2 Å². The van der Waals surface area contributed by atoms with Crippen molar-refractivity contribution in [1.29, 1.82) is 0 Å². The number of hydrogen-bond donors (Lipinski definition) is 1. The van der Waals surface area contributed by atoms with Crippen molar-refractivity contribution in [2.75, 3.05) is 13.2 Å². The molecule has 0 saturated carbocycles. The normalized spacial score (nSPS) is 14.3. The molecule has 7 nitrogen and oxygen atoms in total. The third-order valence-corrected chi connectivity index (χ3v) is 4.42. The van der Waals surface area contributed by atoms with E-state index in [1.165, 1.54) is 24.3 Å². The summed E-state index contributed by atoms with van der Waals surface area (Å²) in [6.45, 7) is 5.25. The third-order valence-electron chi connectivity index (χ3n) is 4.42. The molecule has 1 atom stereocenters. The van der Waals surface area contributed by atoms with Gasteiger partial charge in [-0.1, -0.05) is 19.9 Å². The molecule has 1 heterocycles. The van der Waals surface area contributed by atoms with Crippen LogP contribution in [-0.2, 0) is 0 Å². The standard InChI is InChI=1S/C20H22N2O5/c1-13(2)19(15-6-9-17-18(12-15)27-11-3-10-26-17)21-20(23)14-4-7-16(8-5-14)22(24)25/h4-9,12-13,19H,3,10-11H2,1-2H3,(H,21,23). The van der Waals surface area contributed by atoms with Gasteiger partial charge in [0.2, 0.25) is 0 Å². The Labute approximate surface area is 157 Å². The molecule has 1 unspecified atom stereocenters. The number of hydrogen-bond acceptors (Lipinski definition) is 5. The van der Waals surface area contributed by atoms with Crippen LogP contribution in [-0.4, -0.2) is 24.0 Å². The van der Waals surface area contributed by atoms with E-state index in [9.17, 15) is 14.9 Å². The molecule has 0 bridgehead atoms. The maximum Gasteiger partial charge on any atom is 0.269 e. The summed E-state index contributed by atoms with van der Waals surface area (Å²) in [4.78, 5) is 22.9. The Morgan fingerprint density at radius 1 is 1.07 bits per heavy atom. The molecule has 0 aromatic heterocycles. The molecule has 2 aromatic rings. The van der Waals surface area contributed by atoms with Crippen molar-refractivity contribution in [3.63, 3.8) is 0 Å². The van der Waals surface area contributed by atoms with Gasteiger partial charge in [0.15, 0.2) is 11.5 Å². The van der Waals surface area contributed by atoms with Gasteiger partial charge in [-0.05, 0) is 35.7 Å². The van der Waals surface area contributed by atoms with Gasteiger partial charge in [-0.15, -0.1) is 0 Å². The van der Waals surface area contributed by atoms with Crippen LogP contribution >= 0.6 is 0 Å². The Bertz CT molecular complexity index is 833. The number of amides is 1. The highest BCUT2D eigenvalue weighted by Gasteiger charge is 2.22. The summed E-state index contributed by atoms with van der Waals surface area (Å²) in [6, 6.07) is 11.0. The number of nitrogens with one attached hydrogen (secondary N) is 1. The van der Waals surface area contributed by atoms with Gasteiger partial charge < -0.3 is 14.8 Å². The van der Waals surface area contributed by atoms with Crippen LogP contribution in [0.3, 0.4) is 0 Å². The highest BCUT2D eigenvalue weighted by molar-refractivity contribution is 5.94. The zero-order valence-corrected chi connectivity index (χ0v) is 15.3. The predicted octanol–water partition coefficient (Wildman–Crippen LogP) is 3.88. The van der Waals surface area contributed by atoms with E-state index in [1.807, 2.05) is 32.0 Å². The molecule has 1 amide bonds. The highest BCUT2D eigenvalue weighted by Crippen LogP contribution is 2.34. The van der Waals surface area contributed by atoms with Gasteiger partial charge in [-0.2, -0.15) is 0 Å². The number of nitrogens with zero attached hydrogens (tertiary/aromatic N) is 1. The molecule has 27 heavy (non-hydrogen) atoms. The number of nitro benzene ring substituents is 1. The number of fused-ring (bicyclic) bond motifs is 1. The molecule has 1 aliphatic heterocycles. The summed E-state index contributed by atoms with van der Waals surface area (Å²) >= 11 is 0. The second-order valence-electron chi connectivity index (χ2n) is 6.76. The Hall–Kier alpha value is -3.09. The molecule has 3 rings (SSSR count). The van der Waals surface area contributed by atoms with E-state index in [2.05, 4.69) is 5.32 Å². The number of benzene rings is 2. The zero-order valence-electron chi connectivity index (χ0n) is 15.3. The van der Waals surface area contributed by atoms with Crippen molar-refractivity contribution in [3.05, 3.63) is 63.7 Å². The maximum atomic E-state index is 12.6. The van der Waals surface area contributed by atoms with E-state index >= 15 is 0 Å². The largest absolute Gasteiger partial charge is 0.490 e. The van der Waals surface area contributed by atoms with Gasteiger partial charge in [0, 0.05) is 24.1 Å². The molecule has 0 radical (unpaired) electrons. The molecular weight excluding hydrogens is 348 g/mol. The number of rotatable bonds is 5. The van der Waals surface area contributed by atoms with E-state index in [1.54, 1.807) is 0 Å². The first-order chi connectivity index (χ1) is 13.0. The summed E-state index contributed by atoms with van der Waals surface area (Å²) in [5, 5.41) is 13.8. The first-order valence-electron chi connectivity index (χ1n) is 8.90. The molecule has 142 valence electrons. The molecular formula is C20H22N2O5. The summed E-state index contributed by atoms with van der Waals surface area (Å²) < 4.78 is 11.4. The van der Waals surface area contributed by atoms with E-state index in [0.717, 1.165) is 12.0 Å². The molecule has 1 aliphatic rings. The summed E-state index contributed by atoms with van der Waals surface area (Å²) in [5.74, 6) is 1.24. The van der Waals surface area contributed by atoms with Crippen molar-refractivity contribution >= 4 is 11.6 Å². The van der Waals surface area contributed by atoms with Gasteiger partial charge >= 0.3 is 0 Å². The summed E-state index contributed by atoms with van der Waals surface area (Å²) in [7, 11) is 0. The average molecular weight is 370 g/mol. The van der Waals surface area contributed by atoms with Crippen molar-refractivity contribution in [1.82, 2.24) is 5.32 Å². The second kappa shape index (κ2) is 8.07. The lowest BCUT2D eigenvalue weighted by molar-refractivity contribution is -0.384. The Morgan fingerprint density at radius 2 is 1.74 bits per heavy atom. The Morgan fingerprint density at radius 3 is 2.37 bits per heavy atom. The van der Waals surface area contributed by atoms with Crippen LogP contribution in [0.15, 0.2) is 42.5 Å². The fourth-order valence-corrected chi connectivity index (χ4v) is 2.97. The monoisotopic (exact) mass is 370 g/mol.